The van der Waals surface area contributed by atoms with Crippen LogP contribution in [0.3, 0.4) is 0 Å². The third-order valence-electron chi connectivity index (χ3n) is 6.58. The highest BCUT2D eigenvalue weighted by molar-refractivity contribution is 7.92. The Morgan fingerprint density at radius 2 is 1.97 bits per heavy atom. The summed E-state index contributed by atoms with van der Waals surface area (Å²) in [6.07, 6.45) is 3.25. The van der Waals surface area contributed by atoms with Crippen LogP contribution in [0.25, 0.3) is 6.08 Å². The molecule has 11 heteroatoms. The fourth-order valence-electron chi connectivity index (χ4n) is 4.49. The smallest absolute Gasteiger partial charge is 0.343 e. The van der Waals surface area contributed by atoms with Gasteiger partial charge in [-0.05, 0) is 42.9 Å². The third kappa shape index (κ3) is 4.69. The van der Waals surface area contributed by atoms with Crippen molar-refractivity contribution in [2.24, 2.45) is 5.92 Å². The number of nitrogens with one attached hydrogen (secondary N) is 1. The molecule has 1 aliphatic carbocycles. The standard InChI is InChI=1S/C25H27F3N2O5S/c1-4-30(5-2)12-6-7-15-13-16(26)8-11-20(15)36(32,33)29-19-10-9-17-22-18(25(22,27)28)14-35-23(17)21(19)24(31)34-3/h6-11,13,18,22,29H,4-5,12,14H2,1-3H3/b7-6-. The second-order valence-electron chi connectivity index (χ2n) is 8.64. The van der Waals surface area contributed by atoms with Crippen molar-refractivity contribution in [3.8, 4) is 5.75 Å². The van der Waals surface area contributed by atoms with E-state index in [9.17, 15) is 26.4 Å². The number of alkyl halides is 2. The minimum absolute atomic E-state index is 0.115. The number of methoxy groups -OCH3 is 1. The molecule has 1 N–H and O–H groups in total. The Balaban J connectivity index is 1.71. The summed E-state index contributed by atoms with van der Waals surface area (Å²) in [5.41, 5.74) is -0.240. The molecule has 194 valence electrons. The number of nitrogens with zero attached hydrogens (tertiary/aromatic N) is 1. The largest absolute Gasteiger partial charge is 0.492 e. The average Bonchev–Trinajstić information content (AvgIpc) is 3.41. The van der Waals surface area contributed by atoms with Crippen LogP contribution in [0, 0.1) is 11.7 Å². The van der Waals surface area contributed by atoms with E-state index >= 15 is 0 Å². The first-order valence-electron chi connectivity index (χ1n) is 11.5. The molecule has 0 aromatic heterocycles. The van der Waals surface area contributed by atoms with Crippen molar-refractivity contribution < 1.29 is 35.9 Å². The lowest BCUT2D eigenvalue weighted by atomic mass is 10.0. The van der Waals surface area contributed by atoms with E-state index in [1.54, 1.807) is 6.08 Å². The second-order valence-corrected chi connectivity index (χ2v) is 10.3. The number of fused-ring (bicyclic) bond motifs is 3. The van der Waals surface area contributed by atoms with Crippen LogP contribution >= 0.6 is 0 Å². The highest BCUT2D eigenvalue weighted by atomic mass is 32.2. The summed E-state index contributed by atoms with van der Waals surface area (Å²) in [6, 6.07) is 5.80. The van der Waals surface area contributed by atoms with Crippen molar-refractivity contribution in [2.75, 3.05) is 38.1 Å². The molecular formula is C25H27F3N2O5S. The number of rotatable bonds is 9. The molecule has 0 amide bonds. The summed E-state index contributed by atoms with van der Waals surface area (Å²) in [6.45, 7) is 5.81. The number of hydrogen-bond acceptors (Lipinski definition) is 6. The molecule has 7 nitrogen and oxygen atoms in total. The Morgan fingerprint density at radius 3 is 2.64 bits per heavy atom. The van der Waals surface area contributed by atoms with E-state index < -0.39 is 39.6 Å². The number of carbonyl (C=O) groups is 1. The monoisotopic (exact) mass is 524 g/mol. The highest BCUT2D eigenvalue weighted by Gasteiger charge is 2.71. The Labute approximate surface area is 207 Å². The molecule has 2 aliphatic rings. The maximum Gasteiger partial charge on any atom is 0.343 e. The molecule has 2 aromatic carbocycles. The van der Waals surface area contributed by atoms with Crippen molar-refractivity contribution in [1.82, 2.24) is 4.90 Å². The molecule has 1 saturated carbocycles. The van der Waals surface area contributed by atoms with Gasteiger partial charge in [0.25, 0.3) is 15.9 Å². The maximum absolute atomic E-state index is 14.1. The van der Waals surface area contributed by atoms with Crippen molar-refractivity contribution in [3.63, 3.8) is 0 Å². The zero-order valence-electron chi connectivity index (χ0n) is 20.1. The van der Waals surface area contributed by atoms with Crippen LogP contribution in [0.5, 0.6) is 5.75 Å². The van der Waals surface area contributed by atoms with Crippen LogP contribution in [0.1, 0.15) is 41.3 Å². The van der Waals surface area contributed by atoms with Gasteiger partial charge in [0, 0.05) is 12.1 Å². The van der Waals surface area contributed by atoms with Crippen LogP contribution in [-0.2, 0) is 14.8 Å². The minimum Gasteiger partial charge on any atom is -0.492 e. The Bertz CT molecular complexity index is 1310. The predicted octanol–water partition coefficient (Wildman–Crippen LogP) is 4.51. The van der Waals surface area contributed by atoms with Gasteiger partial charge in [0.2, 0.25) is 0 Å². The summed E-state index contributed by atoms with van der Waals surface area (Å²) in [5.74, 6) is -6.73. The van der Waals surface area contributed by atoms with Gasteiger partial charge in [0.05, 0.1) is 36.1 Å². The lowest BCUT2D eigenvalue weighted by Gasteiger charge is -2.21. The van der Waals surface area contributed by atoms with E-state index in [0.717, 1.165) is 38.4 Å². The Hall–Kier alpha value is -3.05. The number of esters is 1. The first-order chi connectivity index (χ1) is 17.0. The van der Waals surface area contributed by atoms with E-state index in [1.807, 2.05) is 13.8 Å². The van der Waals surface area contributed by atoms with E-state index in [2.05, 4.69) is 9.62 Å². The molecule has 2 atom stereocenters. The van der Waals surface area contributed by atoms with Crippen molar-refractivity contribution in [1.29, 1.82) is 0 Å². The zero-order chi connectivity index (χ0) is 26.3. The van der Waals surface area contributed by atoms with Crippen LogP contribution < -0.4 is 9.46 Å². The number of anilines is 1. The number of sulfonamides is 1. The molecule has 2 unspecified atom stereocenters. The van der Waals surface area contributed by atoms with Crippen LogP contribution in [-0.4, -0.2) is 58.6 Å². The summed E-state index contributed by atoms with van der Waals surface area (Å²) in [4.78, 5) is 14.5. The molecule has 0 bridgehead atoms. The maximum atomic E-state index is 14.1. The van der Waals surface area contributed by atoms with Crippen LogP contribution in [0.4, 0.5) is 18.9 Å². The van der Waals surface area contributed by atoms with Gasteiger partial charge in [-0.15, -0.1) is 0 Å². The average molecular weight is 525 g/mol. The summed E-state index contributed by atoms with van der Waals surface area (Å²) in [5, 5.41) is 0. The van der Waals surface area contributed by atoms with Crippen molar-refractivity contribution in [3.05, 3.63) is 58.9 Å². The molecular weight excluding hydrogens is 497 g/mol. The first kappa shape index (κ1) is 26.0. The number of ether oxygens (including phenoxy) is 2. The molecule has 0 radical (unpaired) electrons. The lowest BCUT2D eigenvalue weighted by molar-refractivity contribution is 0.0595. The predicted molar refractivity (Wildman–Crippen MR) is 128 cm³/mol. The van der Waals surface area contributed by atoms with Gasteiger partial charge in [-0.3, -0.25) is 4.72 Å². The number of carbonyl (C=O) groups excluding carboxylic acids is 1. The van der Waals surface area contributed by atoms with E-state index in [0.29, 0.717) is 6.54 Å². The third-order valence-corrected chi connectivity index (χ3v) is 8.02. The van der Waals surface area contributed by atoms with Gasteiger partial charge in [0.15, 0.2) is 0 Å². The highest BCUT2D eigenvalue weighted by Crippen LogP contribution is 2.65. The SMILES string of the molecule is CCN(CC)C/C=C\c1cc(F)ccc1S(=O)(=O)Nc1ccc2c(c1C(=O)OC)OCC1C2C1(F)F. The number of likely N-dealkylation sites (N-methyl/N-ethyl adjacent to an activating group) is 1. The quantitative estimate of drug-likeness (QED) is 0.486. The topological polar surface area (TPSA) is 84.9 Å². The van der Waals surface area contributed by atoms with Gasteiger partial charge >= 0.3 is 5.97 Å². The Kier molecular flexibility index (Phi) is 7.07. The van der Waals surface area contributed by atoms with E-state index in [-0.39, 0.29) is 39.6 Å². The van der Waals surface area contributed by atoms with Crippen molar-refractivity contribution in [2.45, 2.75) is 30.6 Å². The number of hydrogen-bond donors (Lipinski definition) is 1. The molecule has 1 aliphatic heterocycles. The molecule has 4 rings (SSSR count). The fourth-order valence-corrected chi connectivity index (χ4v) is 5.74. The van der Waals surface area contributed by atoms with Gasteiger partial charge in [-0.25, -0.2) is 26.4 Å². The number of benzene rings is 2. The Morgan fingerprint density at radius 1 is 1.25 bits per heavy atom. The molecule has 36 heavy (non-hydrogen) atoms. The molecule has 1 fully saturated rings. The lowest BCUT2D eigenvalue weighted by Crippen LogP contribution is -2.22. The molecule has 1 heterocycles. The van der Waals surface area contributed by atoms with Crippen LogP contribution in [0.15, 0.2) is 41.3 Å². The van der Waals surface area contributed by atoms with Gasteiger partial charge in [0.1, 0.15) is 17.1 Å². The summed E-state index contributed by atoms with van der Waals surface area (Å²) >= 11 is 0. The second kappa shape index (κ2) is 9.78. The van der Waals surface area contributed by atoms with E-state index in [1.165, 1.54) is 18.2 Å². The van der Waals surface area contributed by atoms with Crippen molar-refractivity contribution >= 4 is 27.8 Å². The molecule has 0 saturated heterocycles. The zero-order valence-corrected chi connectivity index (χ0v) is 20.9. The first-order valence-corrected chi connectivity index (χ1v) is 13.0. The van der Waals surface area contributed by atoms with Gasteiger partial charge < -0.3 is 14.4 Å². The van der Waals surface area contributed by atoms with Crippen LogP contribution in [0.2, 0.25) is 0 Å². The van der Waals surface area contributed by atoms with E-state index in [4.69, 9.17) is 9.47 Å². The normalized spacial score (nSPS) is 20.0. The summed E-state index contributed by atoms with van der Waals surface area (Å²) in [7, 11) is -3.24. The minimum atomic E-state index is -4.33. The molecule has 2 aromatic rings. The fraction of sp³-hybridized carbons (Fsp3) is 0.400. The summed E-state index contributed by atoms with van der Waals surface area (Å²) < 4.78 is 81.5. The van der Waals surface area contributed by atoms with Gasteiger partial charge in [-0.1, -0.05) is 32.1 Å². The number of halogens is 3. The van der Waals surface area contributed by atoms with Gasteiger partial charge in [-0.2, -0.15) is 0 Å². The molecule has 0 spiro atoms.